The zero-order chi connectivity index (χ0) is 23.6. The molecule has 0 aromatic heterocycles. The molecule has 10 heteroatoms. The van der Waals surface area contributed by atoms with Gasteiger partial charge in [-0.25, -0.2) is 13.2 Å². The van der Waals surface area contributed by atoms with Gasteiger partial charge < -0.3 is 14.4 Å². The molecule has 3 unspecified atom stereocenters. The summed E-state index contributed by atoms with van der Waals surface area (Å²) in [6, 6.07) is 3.97. The molecule has 1 aromatic rings. The number of likely N-dealkylation sites (tertiary alicyclic amines) is 1. The monoisotopic (exact) mass is 486 g/mol. The van der Waals surface area contributed by atoms with Gasteiger partial charge in [-0.2, -0.15) is 4.31 Å². The summed E-state index contributed by atoms with van der Waals surface area (Å²) in [6.07, 6.45) is 0.357. The molecule has 2 fully saturated rings. The van der Waals surface area contributed by atoms with Crippen molar-refractivity contribution >= 4 is 33.5 Å². The van der Waals surface area contributed by atoms with Crippen LogP contribution in [0.25, 0.3) is 0 Å². The molecule has 1 amide bonds. The van der Waals surface area contributed by atoms with E-state index < -0.39 is 22.1 Å². The van der Waals surface area contributed by atoms with Crippen LogP contribution in [0.2, 0.25) is 5.02 Å². The first kappa shape index (κ1) is 25.0. The van der Waals surface area contributed by atoms with E-state index in [1.807, 2.05) is 0 Å². The molecule has 2 aliphatic rings. The van der Waals surface area contributed by atoms with Crippen molar-refractivity contribution in [2.75, 3.05) is 26.2 Å². The first-order valence-corrected chi connectivity index (χ1v) is 12.8. The predicted molar refractivity (Wildman–Crippen MR) is 120 cm³/mol. The number of amides is 1. The van der Waals surface area contributed by atoms with Crippen LogP contribution in [0.3, 0.4) is 0 Å². The van der Waals surface area contributed by atoms with E-state index in [9.17, 15) is 18.0 Å². The summed E-state index contributed by atoms with van der Waals surface area (Å²) in [4.78, 5) is 26.9. The molecule has 0 aliphatic carbocycles. The van der Waals surface area contributed by atoms with Gasteiger partial charge in [-0.1, -0.05) is 18.5 Å². The molecule has 1 aromatic carbocycles. The summed E-state index contributed by atoms with van der Waals surface area (Å²) in [7, 11) is -3.94. The fraction of sp³-hybridized carbons (Fsp3) is 0.636. The van der Waals surface area contributed by atoms with Crippen LogP contribution in [0.1, 0.15) is 50.9 Å². The molecule has 8 nitrogen and oxygen atoms in total. The molecule has 0 bridgehead atoms. The minimum atomic E-state index is -3.94. The van der Waals surface area contributed by atoms with Crippen LogP contribution in [0.4, 0.5) is 0 Å². The van der Waals surface area contributed by atoms with Gasteiger partial charge in [0, 0.05) is 26.2 Å². The topological polar surface area (TPSA) is 93.2 Å². The van der Waals surface area contributed by atoms with E-state index in [0.29, 0.717) is 19.0 Å². The number of piperidine rings is 1. The number of hydrogen-bond donors (Lipinski definition) is 0. The Kier molecular flexibility index (Phi) is 7.85. The Bertz CT molecular complexity index is 951. The summed E-state index contributed by atoms with van der Waals surface area (Å²) < 4.78 is 38.7. The van der Waals surface area contributed by atoms with Crippen molar-refractivity contribution in [2.45, 2.75) is 63.7 Å². The maximum Gasteiger partial charge on any atom is 0.338 e. The van der Waals surface area contributed by atoms with Crippen molar-refractivity contribution in [2.24, 2.45) is 5.92 Å². The number of halogens is 1. The average Bonchev–Trinajstić information content (AvgIpc) is 2.73. The van der Waals surface area contributed by atoms with E-state index >= 15 is 0 Å². The standard InChI is InChI=1S/C22H31ClN2O6S/c1-14-7-9-24(10-8-14)21(26)17(4)31-22(27)18-5-6-19(23)20(11-18)32(28,29)25-12-15(2)30-16(3)13-25/h5-6,11,14-17H,7-10,12-13H2,1-4H3. The number of nitrogens with zero attached hydrogens (tertiary/aromatic N) is 2. The molecule has 2 heterocycles. The van der Waals surface area contributed by atoms with Gasteiger partial charge in [0.1, 0.15) is 4.90 Å². The Morgan fingerprint density at radius 2 is 1.72 bits per heavy atom. The smallest absolute Gasteiger partial charge is 0.338 e. The first-order chi connectivity index (χ1) is 15.0. The molecule has 3 rings (SSSR count). The molecule has 3 atom stereocenters. The average molecular weight is 487 g/mol. The largest absolute Gasteiger partial charge is 0.449 e. The zero-order valence-electron chi connectivity index (χ0n) is 18.9. The lowest BCUT2D eigenvalue weighted by Crippen LogP contribution is -2.48. The van der Waals surface area contributed by atoms with Crippen LogP contribution in [0, 0.1) is 5.92 Å². The fourth-order valence-electron chi connectivity index (χ4n) is 4.06. The van der Waals surface area contributed by atoms with Gasteiger partial charge in [-0.05, 0) is 57.7 Å². The summed E-state index contributed by atoms with van der Waals surface area (Å²) in [5.74, 6) is -0.444. The Balaban J connectivity index is 1.74. The molecule has 0 spiro atoms. The van der Waals surface area contributed by atoms with Gasteiger partial charge in [0.2, 0.25) is 10.0 Å². The second-order valence-corrected chi connectivity index (χ2v) is 11.1. The van der Waals surface area contributed by atoms with Crippen molar-refractivity contribution in [1.82, 2.24) is 9.21 Å². The normalized spacial score (nSPS) is 24.2. The second-order valence-electron chi connectivity index (χ2n) is 8.78. The van der Waals surface area contributed by atoms with Gasteiger partial charge in [-0.3, -0.25) is 4.79 Å². The fourth-order valence-corrected chi connectivity index (χ4v) is 6.15. The highest BCUT2D eigenvalue weighted by molar-refractivity contribution is 7.89. The van der Waals surface area contributed by atoms with Gasteiger partial charge in [0.15, 0.2) is 6.10 Å². The minimum Gasteiger partial charge on any atom is -0.449 e. The summed E-state index contributed by atoms with van der Waals surface area (Å²) in [5.41, 5.74) is 0.0225. The van der Waals surface area contributed by atoms with Crippen LogP contribution >= 0.6 is 11.6 Å². The van der Waals surface area contributed by atoms with Gasteiger partial charge >= 0.3 is 5.97 Å². The third-order valence-corrected chi connectivity index (χ3v) is 8.21. The molecule has 2 aliphatic heterocycles. The Morgan fingerprint density at radius 1 is 1.12 bits per heavy atom. The number of ether oxygens (including phenoxy) is 2. The molecule has 32 heavy (non-hydrogen) atoms. The highest BCUT2D eigenvalue weighted by Crippen LogP contribution is 2.28. The van der Waals surface area contributed by atoms with E-state index in [4.69, 9.17) is 21.1 Å². The quantitative estimate of drug-likeness (QED) is 0.594. The number of esters is 1. The lowest BCUT2D eigenvalue weighted by atomic mass is 9.99. The van der Waals surface area contributed by atoms with Crippen LogP contribution in [0.5, 0.6) is 0 Å². The number of rotatable bonds is 5. The van der Waals surface area contributed by atoms with E-state index in [0.717, 1.165) is 12.8 Å². The molecular formula is C22H31ClN2O6S. The van der Waals surface area contributed by atoms with Gasteiger partial charge in [0.05, 0.1) is 22.8 Å². The summed E-state index contributed by atoms with van der Waals surface area (Å²) >= 11 is 6.20. The van der Waals surface area contributed by atoms with Crippen LogP contribution in [0.15, 0.2) is 23.1 Å². The predicted octanol–water partition coefficient (Wildman–Crippen LogP) is 2.94. The Morgan fingerprint density at radius 3 is 2.31 bits per heavy atom. The molecule has 2 saturated heterocycles. The van der Waals surface area contributed by atoms with Crippen molar-refractivity contribution in [1.29, 1.82) is 0 Å². The molecule has 0 saturated carbocycles. The number of morpholine rings is 1. The van der Waals surface area contributed by atoms with Crippen molar-refractivity contribution in [3.63, 3.8) is 0 Å². The number of benzene rings is 1. The molecule has 0 N–H and O–H groups in total. The van der Waals surface area contributed by atoms with Gasteiger partial charge in [-0.15, -0.1) is 0 Å². The maximum atomic E-state index is 13.2. The first-order valence-electron chi connectivity index (χ1n) is 10.9. The third kappa shape index (κ3) is 5.62. The third-order valence-electron chi connectivity index (χ3n) is 5.90. The van der Waals surface area contributed by atoms with Crippen LogP contribution in [-0.2, 0) is 24.3 Å². The number of carbonyl (C=O) groups excluding carboxylic acids is 2. The number of sulfonamides is 1. The molecular weight excluding hydrogens is 456 g/mol. The maximum absolute atomic E-state index is 13.2. The lowest BCUT2D eigenvalue weighted by Gasteiger charge is -2.34. The van der Waals surface area contributed by atoms with Crippen molar-refractivity contribution < 1.29 is 27.5 Å². The van der Waals surface area contributed by atoms with Crippen LogP contribution in [-0.4, -0.2) is 74.0 Å². The van der Waals surface area contributed by atoms with E-state index in [-0.39, 0.29) is 46.7 Å². The van der Waals surface area contributed by atoms with E-state index in [2.05, 4.69) is 6.92 Å². The number of hydrogen-bond acceptors (Lipinski definition) is 6. The highest BCUT2D eigenvalue weighted by Gasteiger charge is 2.34. The Hall–Kier alpha value is -1.68. The molecule has 0 radical (unpaired) electrons. The zero-order valence-corrected chi connectivity index (χ0v) is 20.5. The SMILES string of the molecule is CC1CCN(C(=O)C(C)OC(=O)c2ccc(Cl)c(S(=O)(=O)N3CC(C)OC(C)C3)c2)CC1. The van der Waals surface area contributed by atoms with Crippen molar-refractivity contribution in [3.05, 3.63) is 28.8 Å². The summed E-state index contributed by atoms with van der Waals surface area (Å²) in [5, 5.41) is 0.0138. The van der Waals surface area contributed by atoms with E-state index in [1.165, 1.54) is 29.4 Å². The van der Waals surface area contributed by atoms with E-state index in [1.54, 1.807) is 18.7 Å². The number of carbonyl (C=O) groups is 2. The van der Waals surface area contributed by atoms with Crippen molar-refractivity contribution in [3.8, 4) is 0 Å². The highest BCUT2D eigenvalue weighted by atomic mass is 35.5. The molecule has 178 valence electrons. The van der Waals surface area contributed by atoms with Crippen LogP contribution < -0.4 is 0 Å². The lowest BCUT2D eigenvalue weighted by molar-refractivity contribution is -0.141. The van der Waals surface area contributed by atoms with Gasteiger partial charge in [0.25, 0.3) is 5.91 Å². The Labute approximate surface area is 194 Å². The second kappa shape index (κ2) is 10.1. The minimum absolute atomic E-state index is 0.0138. The summed E-state index contributed by atoms with van der Waals surface area (Å²) in [6.45, 7) is 8.94.